The molecule has 7 heteroatoms. The van der Waals surface area contributed by atoms with Gasteiger partial charge in [0.05, 0.1) is 28.8 Å². The summed E-state index contributed by atoms with van der Waals surface area (Å²) in [6.07, 6.45) is 5.32. The van der Waals surface area contributed by atoms with E-state index in [0.717, 1.165) is 18.4 Å². The van der Waals surface area contributed by atoms with Crippen LogP contribution in [-0.2, 0) is 0 Å². The lowest BCUT2D eigenvalue weighted by Crippen LogP contribution is -2.66. The molecule has 1 aliphatic carbocycles. The summed E-state index contributed by atoms with van der Waals surface area (Å²) < 4.78 is 1.89. The second-order valence-electron chi connectivity index (χ2n) is 7.52. The molecule has 30 heavy (non-hydrogen) atoms. The molecular weight excluding hydrogens is 398 g/mol. The highest BCUT2D eigenvalue weighted by atomic mass is 35.5. The van der Waals surface area contributed by atoms with Crippen LogP contribution in [0.3, 0.4) is 0 Å². The quantitative estimate of drug-likeness (QED) is 0.454. The van der Waals surface area contributed by atoms with Gasteiger partial charge < -0.3 is 15.8 Å². The maximum Gasteiger partial charge on any atom is 0.216 e. The second kappa shape index (κ2) is 7.78. The molecule has 0 radical (unpaired) electrons. The van der Waals surface area contributed by atoms with Crippen LogP contribution in [0.4, 0.5) is 0 Å². The topological polar surface area (TPSA) is 106 Å². The highest BCUT2D eigenvalue weighted by molar-refractivity contribution is 6.30. The first-order chi connectivity index (χ1) is 14.5. The van der Waals surface area contributed by atoms with Crippen LogP contribution >= 0.6 is 11.6 Å². The first-order valence-electron chi connectivity index (χ1n) is 9.57. The Labute approximate surface area is 179 Å². The van der Waals surface area contributed by atoms with Gasteiger partial charge in [0.25, 0.3) is 0 Å². The fourth-order valence-electron chi connectivity index (χ4n) is 4.25. The molecule has 2 aromatic rings. The number of aromatic nitrogens is 1. The van der Waals surface area contributed by atoms with Gasteiger partial charge in [-0.15, -0.1) is 0 Å². The minimum absolute atomic E-state index is 0.0705. The van der Waals surface area contributed by atoms with Crippen LogP contribution in [0.5, 0.6) is 0 Å². The van der Waals surface area contributed by atoms with Gasteiger partial charge in [0, 0.05) is 23.1 Å². The Kier molecular flexibility index (Phi) is 5.16. The number of nitriles is 2. The molecule has 1 aromatic carbocycles. The van der Waals surface area contributed by atoms with E-state index < -0.39 is 17.7 Å². The first kappa shape index (κ1) is 19.9. The van der Waals surface area contributed by atoms with E-state index in [9.17, 15) is 21.0 Å². The lowest BCUT2D eigenvalue weighted by molar-refractivity contribution is -0.742. The predicted molar refractivity (Wildman–Crippen MR) is 111 cm³/mol. The van der Waals surface area contributed by atoms with Crippen molar-refractivity contribution in [2.45, 2.75) is 30.5 Å². The van der Waals surface area contributed by atoms with Crippen molar-refractivity contribution in [3.8, 4) is 12.1 Å². The van der Waals surface area contributed by atoms with E-state index >= 15 is 0 Å². The molecule has 3 atom stereocenters. The maximum atomic E-state index is 11.9. The number of nitrogens with one attached hydrogen (secondary N) is 1. The smallest absolute Gasteiger partial charge is 0.216 e. The van der Waals surface area contributed by atoms with E-state index in [0.29, 0.717) is 5.02 Å². The number of benzene rings is 1. The van der Waals surface area contributed by atoms with Crippen LogP contribution < -0.4 is 9.88 Å². The fourth-order valence-corrected chi connectivity index (χ4v) is 4.38. The van der Waals surface area contributed by atoms with E-state index in [1.54, 1.807) is 12.1 Å². The number of pyridine rings is 1. The average molecular weight is 416 g/mol. The molecule has 1 saturated carbocycles. The van der Waals surface area contributed by atoms with Crippen LogP contribution in [0.1, 0.15) is 30.4 Å². The highest BCUT2D eigenvalue weighted by Crippen LogP contribution is 2.52. The van der Waals surface area contributed by atoms with Gasteiger partial charge in [-0.2, -0.15) is 15.1 Å². The molecule has 148 valence electrons. The van der Waals surface area contributed by atoms with Gasteiger partial charge in [0.1, 0.15) is 6.07 Å². The summed E-state index contributed by atoms with van der Waals surface area (Å²) in [5.74, 6) is 1.21. The molecule has 0 bridgehead atoms. The number of aliphatic hydroxyl groups is 1. The van der Waals surface area contributed by atoms with Gasteiger partial charge in [0.15, 0.2) is 12.4 Å². The van der Waals surface area contributed by atoms with Crippen LogP contribution in [0.25, 0.3) is 5.41 Å². The summed E-state index contributed by atoms with van der Waals surface area (Å²) in [6, 6.07) is 16.2. The van der Waals surface area contributed by atoms with Crippen molar-refractivity contribution in [1.82, 2.24) is 5.32 Å². The van der Waals surface area contributed by atoms with Crippen molar-refractivity contribution >= 4 is 17.5 Å². The minimum Gasteiger partial charge on any atom is -0.762 e. The van der Waals surface area contributed by atoms with E-state index in [4.69, 9.17) is 11.6 Å². The summed E-state index contributed by atoms with van der Waals surface area (Å²) in [7, 11) is 0. The zero-order chi connectivity index (χ0) is 21.3. The zero-order valence-corrected chi connectivity index (χ0v) is 16.7. The Morgan fingerprint density at radius 3 is 2.37 bits per heavy atom. The lowest BCUT2D eigenvalue weighted by Gasteiger charge is -2.43. The summed E-state index contributed by atoms with van der Waals surface area (Å²) in [5.41, 5.74) is -0.552. The Morgan fingerprint density at radius 1 is 1.17 bits per heavy atom. The van der Waals surface area contributed by atoms with Crippen molar-refractivity contribution in [3.63, 3.8) is 0 Å². The first-order valence-corrected chi connectivity index (χ1v) is 9.95. The normalized spacial score (nSPS) is 25.5. The summed E-state index contributed by atoms with van der Waals surface area (Å²) >= 11 is 6.08. The monoisotopic (exact) mass is 415 g/mol. The molecular formula is C23H18ClN5O. The average Bonchev–Trinajstić information content (AvgIpc) is 3.61. The molecule has 2 heterocycles. The number of hydrogen-bond acceptors (Lipinski definition) is 4. The van der Waals surface area contributed by atoms with Crippen molar-refractivity contribution in [2.24, 2.45) is 5.92 Å². The molecule has 4 rings (SSSR count). The fraction of sp³-hybridized carbons (Fsp3) is 0.261. The molecule has 0 saturated heterocycles. The van der Waals surface area contributed by atoms with Crippen molar-refractivity contribution in [1.29, 1.82) is 10.5 Å². The predicted octanol–water partition coefficient (Wildman–Crippen LogP) is 3.12. The van der Waals surface area contributed by atoms with Crippen LogP contribution in [-0.4, -0.2) is 16.7 Å². The molecule has 0 amide bonds. The summed E-state index contributed by atoms with van der Waals surface area (Å²) in [5, 5.41) is 44.6. The Balaban J connectivity index is 2.03. The number of hydrogen-bond donors (Lipinski definition) is 2. The Morgan fingerprint density at radius 2 is 1.83 bits per heavy atom. The number of nitrogens with zero attached hydrogens (tertiary/aromatic N) is 4. The van der Waals surface area contributed by atoms with Gasteiger partial charge in [0.2, 0.25) is 11.8 Å². The molecule has 0 spiro atoms. The van der Waals surface area contributed by atoms with Crippen LogP contribution in [0.2, 0.25) is 5.02 Å². The standard InChI is InChI=1S/C23H18ClN5O/c24-18-8-4-15(5-9-18)20-19(14-27)21(16(12-25)13-26)28-23(30,17-6-7-17)22(20)29-10-2-1-3-11-29/h1-5,8-11,17,20,22,28,30H,6-7H2. The van der Waals surface area contributed by atoms with Gasteiger partial charge in [-0.25, -0.2) is 5.87 Å². The van der Waals surface area contributed by atoms with E-state index in [1.807, 2.05) is 59.2 Å². The van der Waals surface area contributed by atoms with E-state index in [2.05, 4.69) is 11.4 Å². The third-order valence-corrected chi connectivity index (χ3v) is 6.01. The summed E-state index contributed by atoms with van der Waals surface area (Å²) in [6.45, 7) is 0. The number of allylic oxidation sites excluding steroid dienone is 2. The number of halogens is 1. The van der Waals surface area contributed by atoms with Crippen molar-refractivity contribution in [2.75, 3.05) is 0 Å². The van der Waals surface area contributed by atoms with Crippen LogP contribution in [0, 0.1) is 28.6 Å². The van der Waals surface area contributed by atoms with Gasteiger partial charge in [-0.3, -0.25) is 0 Å². The second-order valence-corrected chi connectivity index (χ2v) is 7.96. The molecule has 3 unspecified atom stereocenters. The Hall–Kier alpha value is -3.41. The minimum atomic E-state index is -1.44. The maximum absolute atomic E-state index is 11.9. The molecule has 1 aromatic heterocycles. The van der Waals surface area contributed by atoms with Gasteiger partial charge in [-0.1, -0.05) is 29.8 Å². The van der Waals surface area contributed by atoms with Gasteiger partial charge in [-0.05, 0) is 30.5 Å². The lowest BCUT2D eigenvalue weighted by atomic mass is 9.74. The third kappa shape index (κ3) is 3.28. The Bertz CT molecular complexity index is 1130. The summed E-state index contributed by atoms with van der Waals surface area (Å²) in [4.78, 5) is 0. The number of rotatable bonds is 4. The molecule has 1 fully saturated rings. The largest absolute Gasteiger partial charge is 0.762 e. The van der Waals surface area contributed by atoms with Gasteiger partial charge >= 0.3 is 0 Å². The third-order valence-electron chi connectivity index (χ3n) is 5.75. The molecule has 2 N–H and O–H groups in total. The SMILES string of the molecule is N#CC(=C=[N-])C1=C(C#N)C(c2ccc(Cl)cc2)C([n+]2ccccc2)C(O)(C2CC2)N1. The van der Waals surface area contributed by atoms with E-state index in [1.165, 1.54) is 0 Å². The van der Waals surface area contributed by atoms with Crippen LogP contribution in [0.15, 0.2) is 71.7 Å². The molecule has 6 nitrogen and oxygen atoms in total. The van der Waals surface area contributed by atoms with Crippen molar-refractivity contribution < 1.29 is 9.67 Å². The highest BCUT2D eigenvalue weighted by Gasteiger charge is 2.61. The zero-order valence-electron chi connectivity index (χ0n) is 16.0. The van der Waals surface area contributed by atoms with E-state index in [-0.39, 0.29) is 22.8 Å². The van der Waals surface area contributed by atoms with Crippen molar-refractivity contribution in [3.05, 3.63) is 87.7 Å². The molecule has 2 aliphatic rings. The molecule has 1 aliphatic heterocycles.